The summed E-state index contributed by atoms with van der Waals surface area (Å²) in [6.07, 6.45) is 0.830. The molecule has 0 aromatic heterocycles. The molecule has 1 saturated heterocycles. The van der Waals surface area contributed by atoms with Crippen LogP contribution in [0.1, 0.15) is 18.0 Å². The van der Waals surface area contributed by atoms with Crippen LogP contribution in [-0.4, -0.2) is 19.6 Å². The Morgan fingerprint density at radius 1 is 1.40 bits per heavy atom. The number of ether oxygens (including phenoxy) is 1. The molecule has 0 radical (unpaired) electrons. The maximum Gasteiger partial charge on any atom is 0.310 e. The Kier molecular flexibility index (Phi) is 3.02. The quantitative estimate of drug-likeness (QED) is 0.744. The van der Waals surface area contributed by atoms with Gasteiger partial charge in [0.1, 0.15) is 0 Å². The summed E-state index contributed by atoms with van der Waals surface area (Å²) in [4.78, 5) is 11.3. The van der Waals surface area contributed by atoms with Crippen LogP contribution in [0, 0.1) is 5.92 Å². The molecule has 1 aromatic rings. The lowest BCUT2D eigenvalue weighted by molar-refractivity contribution is -0.144. The summed E-state index contributed by atoms with van der Waals surface area (Å²) in [6.45, 7) is 0.715. The maximum atomic E-state index is 11.3. The van der Waals surface area contributed by atoms with Gasteiger partial charge in [-0.15, -0.1) is 0 Å². The lowest BCUT2D eigenvalue weighted by atomic mass is 10.0. The molecule has 2 rings (SSSR count). The van der Waals surface area contributed by atoms with Crippen molar-refractivity contribution >= 4 is 5.97 Å². The number of carbonyl (C=O) groups excluding carboxylic acids is 1. The van der Waals surface area contributed by atoms with Crippen LogP contribution in [0.2, 0.25) is 0 Å². The van der Waals surface area contributed by atoms with Crippen molar-refractivity contribution in [3.63, 3.8) is 0 Å². The van der Waals surface area contributed by atoms with Crippen LogP contribution in [0.5, 0.6) is 0 Å². The monoisotopic (exact) mass is 205 g/mol. The van der Waals surface area contributed by atoms with Gasteiger partial charge >= 0.3 is 5.97 Å². The first-order chi connectivity index (χ1) is 7.31. The second-order valence-electron chi connectivity index (χ2n) is 3.83. The van der Waals surface area contributed by atoms with Crippen LogP contribution in [0.25, 0.3) is 0 Å². The van der Waals surface area contributed by atoms with Gasteiger partial charge in [-0.1, -0.05) is 30.3 Å². The van der Waals surface area contributed by atoms with Crippen LogP contribution >= 0.6 is 0 Å². The van der Waals surface area contributed by atoms with E-state index in [-0.39, 0.29) is 17.9 Å². The van der Waals surface area contributed by atoms with E-state index in [1.807, 2.05) is 18.2 Å². The highest BCUT2D eigenvalue weighted by Crippen LogP contribution is 2.27. The fraction of sp³-hybridized carbons (Fsp3) is 0.417. The molecule has 1 N–H and O–H groups in total. The molecule has 1 aliphatic heterocycles. The smallest absolute Gasteiger partial charge is 0.310 e. The molecule has 15 heavy (non-hydrogen) atoms. The van der Waals surface area contributed by atoms with Gasteiger partial charge in [0.2, 0.25) is 0 Å². The Hall–Kier alpha value is -1.35. The van der Waals surface area contributed by atoms with Crippen molar-refractivity contribution in [3.05, 3.63) is 35.9 Å². The summed E-state index contributed by atoms with van der Waals surface area (Å²) in [5.74, 6) is -0.110. The minimum absolute atomic E-state index is 0.000191. The number of hydrogen-bond donors (Lipinski definition) is 1. The molecular formula is C12H15NO2. The van der Waals surface area contributed by atoms with E-state index in [4.69, 9.17) is 4.74 Å². The molecule has 0 bridgehead atoms. The zero-order valence-corrected chi connectivity index (χ0v) is 8.77. The average molecular weight is 205 g/mol. The zero-order valence-electron chi connectivity index (χ0n) is 8.77. The summed E-state index contributed by atoms with van der Waals surface area (Å²) in [6, 6.07) is 10.5. The van der Waals surface area contributed by atoms with Crippen LogP contribution in [0.15, 0.2) is 30.3 Å². The highest BCUT2D eigenvalue weighted by atomic mass is 16.5. The fourth-order valence-corrected chi connectivity index (χ4v) is 2.02. The summed E-state index contributed by atoms with van der Waals surface area (Å²) in [7, 11) is 1.44. The normalized spacial score (nSPS) is 25.1. The van der Waals surface area contributed by atoms with Crippen molar-refractivity contribution < 1.29 is 9.53 Å². The number of methoxy groups -OCH3 is 1. The molecule has 0 aliphatic carbocycles. The van der Waals surface area contributed by atoms with Gasteiger partial charge in [0, 0.05) is 12.6 Å². The minimum atomic E-state index is -0.110. The molecule has 0 saturated carbocycles. The van der Waals surface area contributed by atoms with Crippen LogP contribution in [0.4, 0.5) is 0 Å². The van der Waals surface area contributed by atoms with Crippen molar-refractivity contribution in [1.29, 1.82) is 0 Å². The molecule has 2 unspecified atom stereocenters. The molecule has 1 heterocycles. The van der Waals surface area contributed by atoms with Gasteiger partial charge in [-0.25, -0.2) is 0 Å². The first kappa shape index (κ1) is 10.2. The molecule has 3 nitrogen and oxygen atoms in total. The minimum Gasteiger partial charge on any atom is -0.469 e. The molecule has 1 aromatic carbocycles. The van der Waals surface area contributed by atoms with Crippen molar-refractivity contribution in [2.24, 2.45) is 5.92 Å². The number of benzene rings is 1. The first-order valence-electron chi connectivity index (χ1n) is 5.17. The predicted molar refractivity (Wildman–Crippen MR) is 57.3 cm³/mol. The van der Waals surface area contributed by atoms with E-state index in [2.05, 4.69) is 17.4 Å². The van der Waals surface area contributed by atoms with Crippen molar-refractivity contribution in [2.75, 3.05) is 13.7 Å². The molecule has 80 valence electrons. The van der Waals surface area contributed by atoms with E-state index < -0.39 is 0 Å². The molecule has 1 aliphatic rings. The fourth-order valence-electron chi connectivity index (χ4n) is 2.02. The summed E-state index contributed by atoms with van der Waals surface area (Å²) < 4.78 is 4.74. The van der Waals surface area contributed by atoms with E-state index in [0.717, 1.165) is 6.42 Å². The summed E-state index contributed by atoms with van der Waals surface area (Å²) in [5, 5.41) is 3.34. The highest BCUT2D eigenvalue weighted by Gasteiger charge is 2.30. The Balaban J connectivity index is 2.02. The second-order valence-corrected chi connectivity index (χ2v) is 3.83. The highest BCUT2D eigenvalue weighted by molar-refractivity contribution is 5.73. The maximum absolute atomic E-state index is 11.3. The molecule has 0 spiro atoms. The molecular weight excluding hydrogens is 190 g/mol. The molecule has 1 fully saturated rings. The molecule has 0 amide bonds. The SMILES string of the molecule is COC(=O)C1CNC(c2ccccc2)C1. The van der Waals surface area contributed by atoms with E-state index in [1.165, 1.54) is 12.7 Å². The van der Waals surface area contributed by atoms with Crippen LogP contribution < -0.4 is 5.32 Å². The summed E-state index contributed by atoms with van der Waals surface area (Å²) >= 11 is 0. The largest absolute Gasteiger partial charge is 0.469 e. The van der Waals surface area contributed by atoms with E-state index in [9.17, 15) is 4.79 Å². The van der Waals surface area contributed by atoms with Gasteiger partial charge in [-0.05, 0) is 12.0 Å². The molecule has 3 heteroatoms. The second kappa shape index (κ2) is 4.45. The number of esters is 1. The van der Waals surface area contributed by atoms with Gasteiger partial charge in [0.25, 0.3) is 0 Å². The average Bonchev–Trinajstić information content (AvgIpc) is 2.78. The van der Waals surface area contributed by atoms with E-state index in [0.29, 0.717) is 6.54 Å². The predicted octanol–water partition coefficient (Wildman–Crippen LogP) is 1.51. The van der Waals surface area contributed by atoms with Crippen molar-refractivity contribution in [3.8, 4) is 0 Å². The van der Waals surface area contributed by atoms with E-state index in [1.54, 1.807) is 0 Å². The van der Waals surface area contributed by atoms with Gasteiger partial charge in [0.15, 0.2) is 0 Å². The Morgan fingerprint density at radius 3 is 2.80 bits per heavy atom. The number of nitrogens with one attached hydrogen (secondary N) is 1. The Bertz CT molecular complexity index is 337. The van der Waals surface area contributed by atoms with Crippen molar-refractivity contribution in [1.82, 2.24) is 5.32 Å². The van der Waals surface area contributed by atoms with Crippen LogP contribution in [0.3, 0.4) is 0 Å². The van der Waals surface area contributed by atoms with Gasteiger partial charge in [-0.2, -0.15) is 0 Å². The number of hydrogen-bond acceptors (Lipinski definition) is 3. The third-order valence-corrected chi connectivity index (χ3v) is 2.87. The first-order valence-corrected chi connectivity index (χ1v) is 5.17. The van der Waals surface area contributed by atoms with Crippen LogP contribution in [-0.2, 0) is 9.53 Å². The molecule has 2 atom stereocenters. The Labute approximate surface area is 89.4 Å². The lowest BCUT2D eigenvalue weighted by Crippen LogP contribution is -2.19. The number of rotatable bonds is 2. The van der Waals surface area contributed by atoms with Gasteiger partial charge in [0.05, 0.1) is 13.0 Å². The van der Waals surface area contributed by atoms with E-state index >= 15 is 0 Å². The summed E-state index contributed by atoms with van der Waals surface area (Å²) in [5.41, 5.74) is 1.24. The Morgan fingerprint density at radius 2 is 2.13 bits per heavy atom. The van der Waals surface area contributed by atoms with Gasteiger partial charge in [-0.3, -0.25) is 4.79 Å². The third-order valence-electron chi connectivity index (χ3n) is 2.87. The standard InChI is InChI=1S/C12H15NO2/c1-15-12(14)10-7-11(13-8-10)9-5-3-2-4-6-9/h2-6,10-11,13H,7-8H2,1H3. The zero-order chi connectivity index (χ0) is 10.7. The van der Waals surface area contributed by atoms with Gasteiger partial charge < -0.3 is 10.1 Å². The number of carbonyl (C=O) groups is 1. The van der Waals surface area contributed by atoms with Crippen molar-refractivity contribution in [2.45, 2.75) is 12.5 Å². The third kappa shape index (κ3) is 2.18. The topological polar surface area (TPSA) is 38.3 Å². The lowest BCUT2D eigenvalue weighted by Gasteiger charge is -2.09.